The lowest BCUT2D eigenvalue weighted by Crippen LogP contribution is -2.13. The van der Waals surface area contributed by atoms with Gasteiger partial charge in [0.25, 0.3) is 5.91 Å². The predicted octanol–water partition coefficient (Wildman–Crippen LogP) is 4.50. The third-order valence-electron chi connectivity index (χ3n) is 3.56. The van der Waals surface area contributed by atoms with Crippen LogP contribution in [0.2, 0.25) is 0 Å². The van der Waals surface area contributed by atoms with Crippen LogP contribution in [0.5, 0.6) is 5.75 Å². The maximum Gasteiger partial charge on any atom is 0.260 e. The Morgan fingerprint density at radius 1 is 1.32 bits per heavy atom. The molecular weight excluding hydrogens is 354 g/mol. The van der Waals surface area contributed by atoms with Crippen molar-refractivity contribution in [1.29, 1.82) is 0 Å². The summed E-state index contributed by atoms with van der Waals surface area (Å²) in [6.45, 7) is 2.02. The topological polar surface area (TPSA) is 64.1 Å². The van der Waals surface area contributed by atoms with E-state index in [1.807, 2.05) is 36.8 Å². The van der Waals surface area contributed by atoms with Crippen LogP contribution in [0.4, 0.5) is 5.13 Å². The first-order valence-electron chi connectivity index (χ1n) is 7.53. The van der Waals surface area contributed by atoms with Gasteiger partial charge in [-0.15, -0.1) is 23.1 Å². The van der Waals surface area contributed by atoms with Crippen LogP contribution in [0.3, 0.4) is 0 Å². The van der Waals surface area contributed by atoms with Crippen molar-refractivity contribution < 1.29 is 9.53 Å². The minimum Gasteiger partial charge on any atom is -0.496 e. The number of aryl methyl sites for hydroxylation is 1. The number of thiazole rings is 1. The van der Waals surface area contributed by atoms with E-state index in [9.17, 15) is 4.79 Å². The Labute approximate surface area is 154 Å². The van der Waals surface area contributed by atoms with E-state index < -0.39 is 0 Å². The predicted molar refractivity (Wildman–Crippen MR) is 103 cm³/mol. The van der Waals surface area contributed by atoms with E-state index in [1.165, 1.54) is 23.1 Å². The lowest BCUT2D eigenvalue weighted by molar-refractivity contribution is 0.102. The van der Waals surface area contributed by atoms with Crippen molar-refractivity contribution in [3.63, 3.8) is 0 Å². The molecular formula is C18H17N3O2S2. The zero-order valence-electron chi connectivity index (χ0n) is 14.1. The standard InChI is InChI=1S/C18H17N3O2S2/c1-11-6-7-15(23-2)13(9-11)14-10-25-18(20-14)21-16(22)12-5-4-8-19-17(12)24-3/h4-10H,1-3H3,(H,20,21,22). The van der Waals surface area contributed by atoms with Crippen molar-refractivity contribution in [2.75, 3.05) is 18.7 Å². The van der Waals surface area contributed by atoms with Gasteiger partial charge in [-0.25, -0.2) is 9.97 Å². The molecule has 0 unspecified atom stereocenters. The van der Waals surface area contributed by atoms with Crippen molar-refractivity contribution in [2.45, 2.75) is 11.9 Å². The van der Waals surface area contributed by atoms with Crippen LogP contribution < -0.4 is 10.1 Å². The molecule has 3 aromatic rings. The molecule has 0 atom stereocenters. The van der Waals surface area contributed by atoms with Gasteiger partial charge in [0.05, 0.1) is 18.4 Å². The van der Waals surface area contributed by atoms with Gasteiger partial charge in [-0.05, 0) is 37.4 Å². The fraction of sp³-hybridized carbons (Fsp3) is 0.167. The molecule has 0 spiro atoms. The molecule has 0 bridgehead atoms. The maximum atomic E-state index is 12.5. The summed E-state index contributed by atoms with van der Waals surface area (Å²) in [5.41, 5.74) is 3.34. The second-order valence-corrected chi connectivity index (χ2v) is 6.91. The fourth-order valence-corrected chi connectivity index (χ4v) is 3.62. The Morgan fingerprint density at radius 2 is 2.16 bits per heavy atom. The van der Waals surface area contributed by atoms with Crippen LogP contribution in [0.15, 0.2) is 46.9 Å². The molecule has 1 amide bonds. The Bertz CT molecular complexity index is 909. The summed E-state index contributed by atoms with van der Waals surface area (Å²) in [4.78, 5) is 21.2. The van der Waals surface area contributed by atoms with E-state index in [0.29, 0.717) is 15.7 Å². The molecule has 0 aliphatic carbocycles. The van der Waals surface area contributed by atoms with Crippen molar-refractivity contribution >= 4 is 34.1 Å². The van der Waals surface area contributed by atoms with Gasteiger partial charge in [-0.3, -0.25) is 10.1 Å². The number of anilines is 1. The van der Waals surface area contributed by atoms with Crippen molar-refractivity contribution in [1.82, 2.24) is 9.97 Å². The SMILES string of the molecule is COc1ccc(C)cc1-c1csc(NC(=O)c2cccnc2SC)n1. The first-order valence-corrected chi connectivity index (χ1v) is 9.63. The van der Waals surface area contributed by atoms with Crippen LogP contribution in [0.1, 0.15) is 15.9 Å². The summed E-state index contributed by atoms with van der Waals surface area (Å²) in [6, 6.07) is 9.44. The van der Waals surface area contributed by atoms with E-state index in [2.05, 4.69) is 15.3 Å². The molecule has 0 aliphatic heterocycles. The minimum atomic E-state index is -0.213. The number of carbonyl (C=O) groups excluding carboxylic acids is 1. The van der Waals surface area contributed by atoms with E-state index in [4.69, 9.17) is 4.74 Å². The molecule has 128 valence electrons. The first kappa shape index (κ1) is 17.4. The number of nitrogens with zero attached hydrogens (tertiary/aromatic N) is 2. The van der Waals surface area contributed by atoms with Crippen LogP contribution in [-0.4, -0.2) is 29.2 Å². The summed E-state index contributed by atoms with van der Waals surface area (Å²) < 4.78 is 5.41. The van der Waals surface area contributed by atoms with Gasteiger partial charge in [0.15, 0.2) is 5.13 Å². The van der Waals surface area contributed by atoms with Crippen molar-refractivity contribution in [3.8, 4) is 17.0 Å². The Morgan fingerprint density at radius 3 is 2.92 bits per heavy atom. The van der Waals surface area contributed by atoms with Crippen LogP contribution in [-0.2, 0) is 0 Å². The largest absolute Gasteiger partial charge is 0.496 e. The number of thioether (sulfide) groups is 1. The molecule has 1 aromatic carbocycles. The third-order valence-corrected chi connectivity index (χ3v) is 5.03. The highest BCUT2D eigenvalue weighted by molar-refractivity contribution is 7.98. The molecule has 7 heteroatoms. The van der Waals surface area contributed by atoms with Gasteiger partial charge in [-0.2, -0.15) is 0 Å². The molecule has 5 nitrogen and oxygen atoms in total. The summed E-state index contributed by atoms with van der Waals surface area (Å²) in [5, 5.41) is 5.99. The molecule has 0 saturated heterocycles. The summed E-state index contributed by atoms with van der Waals surface area (Å²) in [5.74, 6) is 0.542. The highest BCUT2D eigenvalue weighted by Gasteiger charge is 2.15. The zero-order valence-corrected chi connectivity index (χ0v) is 15.7. The number of carbonyl (C=O) groups is 1. The Hall–Kier alpha value is -2.38. The van der Waals surface area contributed by atoms with Crippen LogP contribution >= 0.6 is 23.1 Å². The molecule has 0 radical (unpaired) electrons. The number of benzene rings is 1. The molecule has 25 heavy (non-hydrogen) atoms. The monoisotopic (exact) mass is 371 g/mol. The number of ether oxygens (including phenoxy) is 1. The Balaban J connectivity index is 1.85. The number of hydrogen-bond acceptors (Lipinski definition) is 6. The third kappa shape index (κ3) is 3.83. The molecule has 0 saturated carbocycles. The summed E-state index contributed by atoms with van der Waals surface area (Å²) >= 11 is 2.82. The van der Waals surface area contributed by atoms with E-state index in [1.54, 1.807) is 25.4 Å². The molecule has 2 heterocycles. The number of nitrogens with one attached hydrogen (secondary N) is 1. The minimum absolute atomic E-state index is 0.213. The first-order chi connectivity index (χ1) is 12.1. The molecule has 3 rings (SSSR count). The number of pyridine rings is 1. The van der Waals surface area contributed by atoms with Gasteiger partial charge >= 0.3 is 0 Å². The van der Waals surface area contributed by atoms with Crippen LogP contribution in [0, 0.1) is 6.92 Å². The second kappa shape index (κ2) is 7.67. The van der Waals surface area contributed by atoms with Gasteiger partial charge in [0, 0.05) is 17.1 Å². The highest BCUT2D eigenvalue weighted by atomic mass is 32.2. The number of rotatable bonds is 5. The maximum absolute atomic E-state index is 12.5. The molecule has 0 aliphatic rings. The van der Waals surface area contributed by atoms with Gasteiger partial charge in [0.1, 0.15) is 10.8 Å². The van der Waals surface area contributed by atoms with Gasteiger partial charge < -0.3 is 4.74 Å². The lowest BCUT2D eigenvalue weighted by Gasteiger charge is -2.07. The van der Waals surface area contributed by atoms with E-state index >= 15 is 0 Å². The number of aromatic nitrogens is 2. The fourth-order valence-electron chi connectivity index (χ4n) is 2.37. The molecule has 1 N–H and O–H groups in total. The number of hydrogen-bond donors (Lipinski definition) is 1. The molecule has 0 fully saturated rings. The summed E-state index contributed by atoms with van der Waals surface area (Å²) in [6.07, 6.45) is 3.57. The second-order valence-electron chi connectivity index (χ2n) is 5.26. The average Bonchev–Trinajstić information content (AvgIpc) is 3.09. The Kier molecular flexibility index (Phi) is 5.35. The van der Waals surface area contributed by atoms with Crippen LogP contribution in [0.25, 0.3) is 11.3 Å². The van der Waals surface area contributed by atoms with Gasteiger partial charge in [0.2, 0.25) is 0 Å². The normalized spacial score (nSPS) is 10.5. The lowest BCUT2D eigenvalue weighted by atomic mass is 10.1. The summed E-state index contributed by atoms with van der Waals surface area (Å²) in [7, 11) is 1.63. The number of methoxy groups -OCH3 is 1. The number of amides is 1. The molecule has 2 aromatic heterocycles. The van der Waals surface area contributed by atoms with Crippen molar-refractivity contribution in [3.05, 3.63) is 53.0 Å². The van der Waals surface area contributed by atoms with Crippen molar-refractivity contribution in [2.24, 2.45) is 0 Å². The average molecular weight is 371 g/mol. The highest BCUT2D eigenvalue weighted by Crippen LogP contribution is 2.33. The van der Waals surface area contributed by atoms with E-state index in [-0.39, 0.29) is 5.91 Å². The van der Waals surface area contributed by atoms with Gasteiger partial charge in [-0.1, -0.05) is 11.6 Å². The smallest absolute Gasteiger partial charge is 0.260 e. The zero-order chi connectivity index (χ0) is 17.8. The quantitative estimate of drug-likeness (QED) is 0.669. The van der Waals surface area contributed by atoms with E-state index in [0.717, 1.165) is 22.6 Å².